The van der Waals surface area contributed by atoms with Crippen LogP contribution in [0.4, 0.5) is 10.1 Å². The topological polar surface area (TPSA) is 96.0 Å². The zero-order chi connectivity index (χ0) is 30.0. The Morgan fingerprint density at radius 2 is 1.59 bits per heavy atom. The van der Waals surface area contributed by atoms with Gasteiger partial charge in [0.25, 0.3) is 0 Å². The second-order valence-corrected chi connectivity index (χ2v) is 12.0. The van der Waals surface area contributed by atoms with Gasteiger partial charge in [0, 0.05) is 37.5 Å². The van der Waals surface area contributed by atoms with Crippen LogP contribution >= 0.6 is 0 Å². The highest BCUT2D eigenvalue weighted by Crippen LogP contribution is 2.23. The first kappa shape index (κ1) is 31.6. The minimum Gasteiger partial charge on any atom is -0.497 e. The van der Waals surface area contributed by atoms with E-state index < -0.39 is 21.9 Å². The lowest BCUT2D eigenvalue weighted by molar-refractivity contribution is -0.141. The summed E-state index contributed by atoms with van der Waals surface area (Å²) >= 11 is 0. The highest BCUT2D eigenvalue weighted by atomic mass is 32.2. The van der Waals surface area contributed by atoms with Crippen LogP contribution in [-0.2, 0) is 32.6 Å². The van der Waals surface area contributed by atoms with E-state index in [0.717, 1.165) is 11.8 Å². The summed E-state index contributed by atoms with van der Waals surface area (Å²) in [6.45, 7) is 3.60. The molecule has 0 aliphatic rings. The third-order valence-electron chi connectivity index (χ3n) is 6.51. The Balaban J connectivity index is 1.88. The van der Waals surface area contributed by atoms with Crippen LogP contribution < -0.4 is 14.4 Å². The highest BCUT2D eigenvalue weighted by molar-refractivity contribution is 7.92. The van der Waals surface area contributed by atoms with E-state index in [4.69, 9.17) is 4.74 Å². The molecular formula is C31H38FN3O5S. The summed E-state index contributed by atoms with van der Waals surface area (Å²) in [5.74, 6) is -0.609. The van der Waals surface area contributed by atoms with E-state index in [1.807, 2.05) is 44.2 Å². The highest BCUT2D eigenvalue weighted by Gasteiger charge is 2.31. The van der Waals surface area contributed by atoms with E-state index in [2.05, 4.69) is 5.32 Å². The number of nitrogens with zero attached hydrogens (tertiary/aromatic N) is 2. The first-order valence-corrected chi connectivity index (χ1v) is 15.3. The van der Waals surface area contributed by atoms with Gasteiger partial charge in [-0.15, -0.1) is 0 Å². The van der Waals surface area contributed by atoms with Crippen LogP contribution in [0, 0.1) is 5.82 Å². The van der Waals surface area contributed by atoms with Crippen molar-refractivity contribution in [3.63, 3.8) is 0 Å². The molecule has 1 N–H and O–H groups in total. The Hall–Kier alpha value is -3.92. The molecule has 3 aromatic carbocycles. The van der Waals surface area contributed by atoms with Crippen molar-refractivity contribution >= 4 is 27.5 Å². The lowest BCUT2D eigenvalue weighted by Gasteiger charge is -2.32. The number of anilines is 1. The summed E-state index contributed by atoms with van der Waals surface area (Å²) < 4.78 is 46.3. The van der Waals surface area contributed by atoms with Crippen molar-refractivity contribution in [2.75, 3.05) is 24.2 Å². The molecule has 220 valence electrons. The number of ether oxygens (including phenoxy) is 1. The van der Waals surface area contributed by atoms with E-state index in [9.17, 15) is 22.4 Å². The molecule has 2 amide bonds. The molecule has 0 bridgehead atoms. The number of rotatable bonds is 14. The number of benzene rings is 3. The maximum absolute atomic E-state index is 14.7. The van der Waals surface area contributed by atoms with E-state index in [0.29, 0.717) is 11.4 Å². The SMILES string of the molecule is COc1ccc(N(CCCC(=O)N(Cc2ccccc2F)C(Cc2ccccc2)C(=O)NC(C)C)S(C)(=O)=O)cc1. The fourth-order valence-corrected chi connectivity index (χ4v) is 5.46. The van der Waals surface area contributed by atoms with Crippen molar-refractivity contribution < 1.29 is 27.1 Å². The summed E-state index contributed by atoms with van der Waals surface area (Å²) in [6.07, 6.45) is 1.49. The normalized spacial score (nSPS) is 12.0. The average Bonchev–Trinajstić information content (AvgIpc) is 2.93. The summed E-state index contributed by atoms with van der Waals surface area (Å²) in [5.41, 5.74) is 1.58. The minimum atomic E-state index is -3.64. The Kier molecular flexibility index (Phi) is 11.3. The van der Waals surface area contributed by atoms with E-state index >= 15 is 0 Å². The molecule has 0 aliphatic heterocycles. The van der Waals surface area contributed by atoms with E-state index in [-0.39, 0.29) is 55.8 Å². The number of hydrogen-bond acceptors (Lipinski definition) is 5. The maximum atomic E-state index is 14.7. The molecule has 0 fully saturated rings. The van der Waals surface area contributed by atoms with Gasteiger partial charge in [-0.25, -0.2) is 12.8 Å². The van der Waals surface area contributed by atoms with E-state index in [1.165, 1.54) is 22.4 Å². The predicted molar refractivity (Wildman–Crippen MR) is 159 cm³/mol. The first-order chi connectivity index (χ1) is 19.5. The van der Waals surface area contributed by atoms with Crippen LogP contribution in [0.5, 0.6) is 5.75 Å². The Labute approximate surface area is 242 Å². The minimum absolute atomic E-state index is 0.0448. The second-order valence-electron chi connectivity index (χ2n) is 10.1. The van der Waals surface area contributed by atoms with Gasteiger partial charge in [-0.05, 0) is 56.2 Å². The molecule has 0 radical (unpaired) electrons. The van der Waals surface area contributed by atoms with Crippen molar-refractivity contribution in [2.24, 2.45) is 0 Å². The van der Waals surface area contributed by atoms with Crippen LogP contribution in [0.15, 0.2) is 78.9 Å². The number of amides is 2. The smallest absolute Gasteiger partial charge is 0.243 e. The lowest BCUT2D eigenvalue weighted by Crippen LogP contribution is -2.52. The first-order valence-electron chi connectivity index (χ1n) is 13.5. The molecule has 3 rings (SSSR count). The summed E-state index contributed by atoms with van der Waals surface area (Å²) in [7, 11) is -2.12. The average molecular weight is 584 g/mol. The third kappa shape index (κ3) is 9.31. The van der Waals surface area contributed by atoms with Crippen molar-refractivity contribution in [1.82, 2.24) is 10.2 Å². The van der Waals surface area contributed by atoms with Crippen LogP contribution in [0.2, 0.25) is 0 Å². The van der Waals surface area contributed by atoms with Gasteiger partial charge in [-0.2, -0.15) is 0 Å². The van der Waals surface area contributed by atoms with Gasteiger partial charge in [-0.3, -0.25) is 13.9 Å². The molecule has 1 unspecified atom stereocenters. The van der Waals surface area contributed by atoms with Gasteiger partial charge >= 0.3 is 0 Å². The summed E-state index contributed by atoms with van der Waals surface area (Å²) in [6, 6.07) is 21.0. The van der Waals surface area contributed by atoms with Crippen molar-refractivity contribution in [3.8, 4) is 5.75 Å². The molecule has 0 aromatic heterocycles. The third-order valence-corrected chi connectivity index (χ3v) is 7.71. The fourth-order valence-electron chi connectivity index (χ4n) is 4.50. The Bertz CT molecular complexity index is 1400. The van der Waals surface area contributed by atoms with Gasteiger partial charge < -0.3 is 15.0 Å². The number of methoxy groups -OCH3 is 1. The molecule has 10 heteroatoms. The molecule has 3 aromatic rings. The molecule has 8 nitrogen and oxygen atoms in total. The van der Waals surface area contributed by atoms with Crippen molar-refractivity contribution in [1.29, 1.82) is 0 Å². The Morgan fingerprint density at radius 3 is 2.17 bits per heavy atom. The number of carbonyl (C=O) groups excluding carboxylic acids is 2. The number of nitrogens with one attached hydrogen (secondary N) is 1. The maximum Gasteiger partial charge on any atom is 0.243 e. The molecule has 41 heavy (non-hydrogen) atoms. The monoisotopic (exact) mass is 583 g/mol. The van der Waals surface area contributed by atoms with Gasteiger partial charge in [0.1, 0.15) is 17.6 Å². The van der Waals surface area contributed by atoms with E-state index in [1.54, 1.807) is 42.5 Å². The van der Waals surface area contributed by atoms with Gasteiger partial charge in [-0.1, -0.05) is 48.5 Å². The standard InChI is InChI=1S/C31H38FN3O5S/c1-23(2)33-31(37)29(21-24-11-6-5-7-12-24)34(22-25-13-8-9-14-28(25)32)30(36)15-10-20-35(41(4,38)39)26-16-18-27(40-3)19-17-26/h5-9,11-14,16-19,23,29H,10,15,20-22H2,1-4H3,(H,33,37). The predicted octanol–water partition coefficient (Wildman–Crippen LogP) is 4.55. The number of carbonyl (C=O) groups is 2. The summed E-state index contributed by atoms with van der Waals surface area (Å²) in [5, 5.41) is 2.90. The van der Waals surface area contributed by atoms with Gasteiger partial charge in [0.15, 0.2) is 0 Å². The molecule has 0 aliphatic carbocycles. The number of halogens is 1. The number of sulfonamides is 1. The largest absolute Gasteiger partial charge is 0.497 e. The molecule has 0 saturated carbocycles. The Morgan fingerprint density at radius 1 is 0.951 bits per heavy atom. The van der Waals surface area contributed by atoms with Crippen LogP contribution in [0.1, 0.15) is 37.8 Å². The van der Waals surface area contributed by atoms with Crippen LogP contribution in [-0.4, -0.2) is 57.1 Å². The molecule has 0 heterocycles. The molecule has 0 spiro atoms. The van der Waals surface area contributed by atoms with Crippen molar-refractivity contribution in [3.05, 3.63) is 95.8 Å². The quantitative estimate of drug-likeness (QED) is 0.301. The second kappa shape index (κ2) is 14.6. The summed E-state index contributed by atoms with van der Waals surface area (Å²) in [4.78, 5) is 28.6. The van der Waals surface area contributed by atoms with Gasteiger partial charge in [0.05, 0.1) is 19.1 Å². The van der Waals surface area contributed by atoms with Gasteiger partial charge in [0.2, 0.25) is 21.8 Å². The van der Waals surface area contributed by atoms with Crippen LogP contribution in [0.3, 0.4) is 0 Å². The lowest BCUT2D eigenvalue weighted by atomic mass is 10.0. The fraction of sp³-hybridized carbons (Fsp3) is 0.355. The van der Waals surface area contributed by atoms with Crippen molar-refractivity contribution in [2.45, 2.75) is 51.7 Å². The zero-order valence-corrected chi connectivity index (χ0v) is 24.7. The van der Waals surface area contributed by atoms with Crippen LogP contribution in [0.25, 0.3) is 0 Å². The molecule has 0 saturated heterocycles. The molecule has 1 atom stereocenters. The zero-order valence-electron chi connectivity index (χ0n) is 23.9. The molecular weight excluding hydrogens is 545 g/mol. The number of hydrogen-bond donors (Lipinski definition) is 1.